The summed E-state index contributed by atoms with van der Waals surface area (Å²) in [6.07, 6.45) is 1.90. The third-order valence-electron chi connectivity index (χ3n) is 3.67. The molecule has 1 saturated heterocycles. The highest BCUT2D eigenvalue weighted by Crippen LogP contribution is 2.29. The maximum atomic E-state index is 12.1. The fourth-order valence-electron chi connectivity index (χ4n) is 2.43. The lowest BCUT2D eigenvalue weighted by atomic mass is 10.1. The van der Waals surface area contributed by atoms with E-state index in [2.05, 4.69) is 10.2 Å². The Labute approximate surface area is 125 Å². The zero-order valence-corrected chi connectivity index (χ0v) is 12.6. The van der Waals surface area contributed by atoms with Gasteiger partial charge in [0.1, 0.15) is 0 Å². The van der Waals surface area contributed by atoms with Gasteiger partial charge in [0.25, 0.3) is 0 Å². The number of carbonyl (C=O) groups is 1. The summed E-state index contributed by atoms with van der Waals surface area (Å²) in [5.41, 5.74) is 6.56. The van der Waals surface area contributed by atoms with Gasteiger partial charge >= 0.3 is 0 Å². The van der Waals surface area contributed by atoms with Crippen LogP contribution in [0.25, 0.3) is 0 Å². The molecule has 0 unspecified atom stereocenters. The molecule has 0 aliphatic carbocycles. The number of hydrogen-bond acceptors (Lipinski definition) is 5. The van der Waals surface area contributed by atoms with E-state index in [9.17, 15) is 4.79 Å². The highest BCUT2D eigenvalue weighted by molar-refractivity contribution is 5.92. The number of nitrogens with one attached hydrogen (secondary N) is 1. The Morgan fingerprint density at radius 2 is 1.95 bits per heavy atom. The van der Waals surface area contributed by atoms with E-state index in [1.165, 1.54) is 0 Å². The van der Waals surface area contributed by atoms with Crippen LogP contribution in [0.2, 0.25) is 0 Å². The molecule has 0 spiro atoms. The van der Waals surface area contributed by atoms with Gasteiger partial charge < -0.3 is 20.5 Å². The van der Waals surface area contributed by atoms with E-state index in [-0.39, 0.29) is 11.9 Å². The SMILES string of the molecule is COc1ccc(NC(=O)CN2CCC(N)CC2)cc1OC. The minimum absolute atomic E-state index is 0.0299. The van der Waals surface area contributed by atoms with Crippen LogP contribution in [0.4, 0.5) is 5.69 Å². The van der Waals surface area contributed by atoms with Crippen molar-refractivity contribution in [3.63, 3.8) is 0 Å². The van der Waals surface area contributed by atoms with Crippen molar-refractivity contribution in [1.82, 2.24) is 4.90 Å². The van der Waals surface area contributed by atoms with Gasteiger partial charge in [-0.25, -0.2) is 0 Å². The largest absolute Gasteiger partial charge is 0.493 e. The Morgan fingerprint density at radius 1 is 1.29 bits per heavy atom. The van der Waals surface area contributed by atoms with Gasteiger partial charge in [-0.3, -0.25) is 9.69 Å². The number of anilines is 1. The summed E-state index contributed by atoms with van der Waals surface area (Å²) in [4.78, 5) is 14.2. The summed E-state index contributed by atoms with van der Waals surface area (Å²) >= 11 is 0. The molecule has 1 aromatic rings. The standard InChI is InChI=1S/C15H23N3O3/c1-20-13-4-3-12(9-14(13)21-2)17-15(19)10-18-7-5-11(16)6-8-18/h3-4,9,11H,5-8,10,16H2,1-2H3,(H,17,19). The first-order valence-corrected chi connectivity index (χ1v) is 7.12. The van der Waals surface area contributed by atoms with Crippen molar-refractivity contribution < 1.29 is 14.3 Å². The highest BCUT2D eigenvalue weighted by Gasteiger charge is 2.18. The first-order chi connectivity index (χ1) is 10.1. The average molecular weight is 293 g/mol. The molecule has 1 fully saturated rings. The summed E-state index contributed by atoms with van der Waals surface area (Å²) in [5, 5.41) is 2.88. The van der Waals surface area contributed by atoms with Crippen molar-refractivity contribution in [2.75, 3.05) is 39.2 Å². The number of amides is 1. The number of ether oxygens (including phenoxy) is 2. The molecular formula is C15H23N3O3. The van der Waals surface area contributed by atoms with Crippen LogP contribution in [0.5, 0.6) is 11.5 Å². The first kappa shape index (κ1) is 15.6. The third kappa shape index (κ3) is 4.34. The van der Waals surface area contributed by atoms with Crippen LogP contribution in [-0.2, 0) is 4.79 Å². The van der Waals surface area contributed by atoms with Crippen LogP contribution in [0.3, 0.4) is 0 Å². The number of likely N-dealkylation sites (tertiary alicyclic amines) is 1. The van der Waals surface area contributed by atoms with Crippen molar-refractivity contribution >= 4 is 11.6 Å². The fourth-order valence-corrected chi connectivity index (χ4v) is 2.43. The van der Waals surface area contributed by atoms with Crippen LogP contribution in [-0.4, -0.2) is 50.7 Å². The molecule has 1 aliphatic heterocycles. The van der Waals surface area contributed by atoms with Crippen LogP contribution >= 0.6 is 0 Å². The van der Waals surface area contributed by atoms with Crippen molar-refractivity contribution in [2.24, 2.45) is 5.73 Å². The average Bonchev–Trinajstić information content (AvgIpc) is 2.49. The van der Waals surface area contributed by atoms with Crippen molar-refractivity contribution in [3.8, 4) is 11.5 Å². The molecule has 3 N–H and O–H groups in total. The number of rotatable bonds is 5. The molecule has 1 heterocycles. The number of piperidine rings is 1. The van der Waals surface area contributed by atoms with Crippen molar-refractivity contribution in [2.45, 2.75) is 18.9 Å². The minimum Gasteiger partial charge on any atom is -0.493 e. The van der Waals surface area contributed by atoms with Crippen LogP contribution in [0.1, 0.15) is 12.8 Å². The molecule has 0 bridgehead atoms. The highest BCUT2D eigenvalue weighted by atomic mass is 16.5. The smallest absolute Gasteiger partial charge is 0.238 e. The van der Waals surface area contributed by atoms with Crippen LogP contribution in [0.15, 0.2) is 18.2 Å². The van der Waals surface area contributed by atoms with Gasteiger partial charge in [-0.1, -0.05) is 0 Å². The van der Waals surface area contributed by atoms with E-state index in [1.807, 2.05) is 0 Å². The lowest BCUT2D eigenvalue weighted by molar-refractivity contribution is -0.117. The molecule has 6 nitrogen and oxygen atoms in total. The Morgan fingerprint density at radius 3 is 2.57 bits per heavy atom. The number of nitrogens with zero attached hydrogens (tertiary/aromatic N) is 1. The van der Waals surface area contributed by atoms with Gasteiger partial charge in [-0.15, -0.1) is 0 Å². The Hall–Kier alpha value is -1.79. The van der Waals surface area contributed by atoms with E-state index in [0.29, 0.717) is 23.7 Å². The van der Waals surface area contributed by atoms with Crippen LogP contribution in [0, 0.1) is 0 Å². The van der Waals surface area contributed by atoms with Crippen molar-refractivity contribution in [3.05, 3.63) is 18.2 Å². The molecule has 1 aliphatic rings. The molecule has 1 amide bonds. The number of hydrogen-bond donors (Lipinski definition) is 2. The zero-order chi connectivity index (χ0) is 15.2. The Bertz CT molecular complexity index is 485. The third-order valence-corrected chi connectivity index (χ3v) is 3.67. The molecule has 0 saturated carbocycles. The summed E-state index contributed by atoms with van der Waals surface area (Å²) in [7, 11) is 3.15. The molecule has 0 radical (unpaired) electrons. The van der Waals surface area contributed by atoms with E-state index < -0.39 is 0 Å². The molecule has 0 aromatic heterocycles. The number of benzene rings is 1. The molecule has 116 valence electrons. The second-order valence-electron chi connectivity index (χ2n) is 5.23. The molecule has 0 atom stereocenters. The summed E-state index contributed by atoms with van der Waals surface area (Å²) in [6.45, 7) is 2.14. The topological polar surface area (TPSA) is 76.8 Å². The summed E-state index contributed by atoms with van der Waals surface area (Å²) in [6, 6.07) is 5.60. The molecule has 6 heteroatoms. The second-order valence-corrected chi connectivity index (χ2v) is 5.23. The number of methoxy groups -OCH3 is 2. The molecule has 1 aromatic carbocycles. The van der Waals surface area contributed by atoms with Gasteiger partial charge in [-0.05, 0) is 25.0 Å². The van der Waals surface area contributed by atoms with E-state index in [0.717, 1.165) is 25.9 Å². The first-order valence-electron chi connectivity index (χ1n) is 7.12. The number of nitrogens with two attached hydrogens (primary N) is 1. The molecule has 21 heavy (non-hydrogen) atoms. The normalized spacial score (nSPS) is 16.5. The molecular weight excluding hydrogens is 270 g/mol. The Kier molecular flexibility index (Phi) is 5.41. The monoisotopic (exact) mass is 293 g/mol. The van der Waals surface area contributed by atoms with Gasteiger partial charge in [0.05, 0.1) is 20.8 Å². The predicted octanol–water partition coefficient (Wildman–Crippen LogP) is 1.07. The van der Waals surface area contributed by atoms with E-state index in [4.69, 9.17) is 15.2 Å². The predicted molar refractivity (Wildman–Crippen MR) is 81.8 cm³/mol. The van der Waals surface area contributed by atoms with Gasteiger partial charge in [0, 0.05) is 30.9 Å². The lowest BCUT2D eigenvalue weighted by Crippen LogP contribution is -2.43. The lowest BCUT2D eigenvalue weighted by Gasteiger charge is -2.29. The van der Waals surface area contributed by atoms with E-state index in [1.54, 1.807) is 32.4 Å². The van der Waals surface area contributed by atoms with E-state index >= 15 is 0 Å². The maximum absolute atomic E-state index is 12.1. The Balaban J connectivity index is 1.90. The number of carbonyl (C=O) groups excluding carboxylic acids is 1. The van der Waals surface area contributed by atoms with Gasteiger partial charge in [-0.2, -0.15) is 0 Å². The minimum atomic E-state index is -0.0299. The second kappa shape index (κ2) is 7.28. The summed E-state index contributed by atoms with van der Waals surface area (Å²) in [5.74, 6) is 1.21. The van der Waals surface area contributed by atoms with Gasteiger partial charge in [0.2, 0.25) is 5.91 Å². The zero-order valence-electron chi connectivity index (χ0n) is 12.6. The fraction of sp³-hybridized carbons (Fsp3) is 0.533. The quantitative estimate of drug-likeness (QED) is 0.849. The maximum Gasteiger partial charge on any atom is 0.238 e. The van der Waals surface area contributed by atoms with Gasteiger partial charge in [0.15, 0.2) is 11.5 Å². The molecule has 2 rings (SSSR count). The van der Waals surface area contributed by atoms with Crippen molar-refractivity contribution in [1.29, 1.82) is 0 Å². The van der Waals surface area contributed by atoms with Crippen LogP contribution < -0.4 is 20.5 Å². The summed E-state index contributed by atoms with van der Waals surface area (Å²) < 4.78 is 10.4.